The van der Waals surface area contributed by atoms with Crippen molar-refractivity contribution in [2.45, 2.75) is 26.2 Å². The Morgan fingerprint density at radius 1 is 1.28 bits per heavy atom. The van der Waals surface area contributed by atoms with Gasteiger partial charge < -0.3 is 5.32 Å². The largest absolute Gasteiger partial charge is 0.325 e. The van der Waals surface area contributed by atoms with E-state index in [2.05, 4.69) is 21.3 Å². The van der Waals surface area contributed by atoms with E-state index in [1.807, 2.05) is 6.07 Å². The summed E-state index contributed by atoms with van der Waals surface area (Å²) in [5.41, 5.74) is 2.20. The number of urea groups is 1. The normalized spacial score (nSPS) is 19.8. The molecule has 1 atom stereocenters. The van der Waals surface area contributed by atoms with Gasteiger partial charge in [0.2, 0.25) is 0 Å². The van der Waals surface area contributed by atoms with E-state index in [1.54, 1.807) is 24.5 Å². The molecule has 1 aromatic carbocycles. The van der Waals surface area contributed by atoms with Gasteiger partial charge >= 0.3 is 6.03 Å². The van der Waals surface area contributed by atoms with Crippen molar-refractivity contribution in [1.29, 1.82) is 0 Å². The molecule has 4 rings (SSSR count). The molecule has 2 amide bonds. The van der Waals surface area contributed by atoms with Crippen LogP contribution in [0.25, 0.3) is 5.57 Å². The van der Waals surface area contributed by atoms with E-state index in [4.69, 9.17) is 0 Å². The van der Waals surface area contributed by atoms with Crippen LogP contribution in [0.2, 0.25) is 0 Å². The first kappa shape index (κ1) is 19.5. The van der Waals surface area contributed by atoms with Crippen LogP contribution in [0.3, 0.4) is 0 Å². The van der Waals surface area contributed by atoms with Gasteiger partial charge in [-0.2, -0.15) is 0 Å². The fraction of sp³-hybridized carbons (Fsp3) is 0.286. The minimum absolute atomic E-state index is 0.0243. The van der Waals surface area contributed by atoms with E-state index >= 15 is 0 Å². The Labute approximate surface area is 172 Å². The highest BCUT2D eigenvalue weighted by Crippen LogP contribution is 2.24. The Morgan fingerprint density at radius 2 is 2.07 bits per heavy atom. The van der Waals surface area contributed by atoms with Gasteiger partial charge in [-0.05, 0) is 48.7 Å². The number of thiophene rings is 1. The number of benzene rings is 1. The summed E-state index contributed by atoms with van der Waals surface area (Å²) in [5, 5.41) is 2.92. The first-order valence-electron chi connectivity index (χ1n) is 9.39. The van der Waals surface area contributed by atoms with Crippen LogP contribution in [0.4, 0.5) is 9.18 Å². The molecule has 0 saturated carbocycles. The van der Waals surface area contributed by atoms with Crippen molar-refractivity contribution in [1.82, 2.24) is 15.1 Å². The Kier molecular flexibility index (Phi) is 5.55. The van der Waals surface area contributed by atoms with Gasteiger partial charge in [0.25, 0.3) is 0 Å². The quantitative estimate of drug-likeness (QED) is 0.762. The van der Waals surface area contributed by atoms with Crippen molar-refractivity contribution in [2.24, 2.45) is 4.99 Å². The maximum absolute atomic E-state index is 13.1. The molecule has 0 bridgehead atoms. The number of carbonyl (C=O) groups excluding carboxylic acids is 2. The highest BCUT2D eigenvalue weighted by atomic mass is 32.1. The van der Waals surface area contributed by atoms with E-state index in [0.717, 1.165) is 23.4 Å². The molecule has 2 aromatic rings. The van der Waals surface area contributed by atoms with Gasteiger partial charge in [0.05, 0.1) is 17.8 Å². The molecule has 1 N–H and O–H groups in total. The Hall–Kier alpha value is -2.84. The number of rotatable bonds is 5. The van der Waals surface area contributed by atoms with Gasteiger partial charge in [0.1, 0.15) is 5.82 Å². The molecule has 1 unspecified atom stereocenters. The average molecular weight is 412 g/mol. The fourth-order valence-corrected chi connectivity index (χ4v) is 4.28. The second-order valence-electron chi connectivity index (χ2n) is 7.02. The molecule has 0 spiro atoms. The van der Waals surface area contributed by atoms with Crippen molar-refractivity contribution in [2.75, 3.05) is 13.1 Å². The van der Waals surface area contributed by atoms with Crippen molar-refractivity contribution < 1.29 is 14.0 Å². The van der Waals surface area contributed by atoms with E-state index in [-0.39, 0.29) is 17.6 Å². The Balaban J connectivity index is 1.37. The zero-order chi connectivity index (χ0) is 20.4. The van der Waals surface area contributed by atoms with Gasteiger partial charge in [-0.3, -0.25) is 14.6 Å². The van der Waals surface area contributed by atoms with Gasteiger partial charge in [-0.1, -0.05) is 18.2 Å². The molecule has 6 nitrogen and oxygen atoms in total. The van der Waals surface area contributed by atoms with E-state index in [9.17, 15) is 14.0 Å². The molecule has 0 radical (unpaired) electrons. The summed E-state index contributed by atoms with van der Waals surface area (Å²) < 4.78 is 13.1. The van der Waals surface area contributed by atoms with E-state index < -0.39 is 6.29 Å². The summed E-state index contributed by atoms with van der Waals surface area (Å²) in [6.45, 7) is 3.32. The average Bonchev–Trinajstić information content (AvgIpc) is 3.19. The Morgan fingerprint density at radius 3 is 2.69 bits per heavy atom. The van der Waals surface area contributed by atoms with Crippen LogP contribution < -0.4 is 5.32 Å². The number of hydrogen-bond acceptors (Lipinski definition) is 5. The maximum Gasteiger partial charge on any atom is 0.325 e. The lowest BCUT2D eigenvalue weighted by Gasteiger charge is -2.35. The second-order valence-corrected chi connectivity index (χ2v) is 8.19. The van der Waals surface area contributed by atoms with Crippen LogP contribution in [0.15, 0.2) is 47.5 Å². The monoisotopic (exact) mass is 412 g/mol. The number of halogens is 1. The smallest absolute Gasteiger partial charge is 0.303 e. The van der Waals surface area contributed by atoms with Crippen LogP contribution in [-0.4, -0.2) is 47.3 Å². The number of nitrogens with one attached hydrogen (secondary N) is 1. The molecule has 1 aromatic heterocycles. The number of aliphatic imine (C=N–C) groups is 1. The lowest BCUT2D eigenvalue weighted by molar-refractivity contribution is 0.102. The van der Waals surface area contributed by atoms with Gasteiger partial charge in [-0.25, -0.2) is 14.2 Å². The summed E-state index contributed by atoms with van der Waals surface area (Å²) in [4.78, 5) is 33.6. The number of nitrogens with zero attached hydrogens (tertiary/aromatic N) is 3. The predicted octanol–water partition coefficient (Wildman–Crippen LogP) is 3.72. The maximum atomic E-state index is 13.1. The molecule has 3 heterocycles. The SMILES string of the molecule is CC(=O)c1ccc(CN2C=NC(N3CC=C(c4ccc(F)cc4)CC3)NC2=O)s1. The van der Waals surface area contributed by atoms with Crippen LogP contribution in [0, 0.1) is 5.82 Å². The van der Waals surface area contributed by atoms with Crippen LogP contribution in [0.1, 0.15) is 33.5 Å². The molecular formula is C21H21FN4O2S. The summed E-state index contributed by atoms with van der Waals surface area (Å²) in [5.74, 6) is -0.216. The fourth-order valence-electron chi connectivity index (χ4n) is 3.38. The van der Waals surface area contributed by atoms with Crippen molar-refractivity contribution in [3.8, 4) is 0 Å². The summed E-state index contributed by atoms with van der Waals surface area (Å²) in [6, 6.07) is 9.94. The zero-order valence-electron chi connectivity index (χ0n) is 16.0. The molecule has 2 aliphatic heterocycles. The standard InChI is InChI=1S/C21H21FN4O2S/c1-14(27)19-7-6-18(29-19)12-26-13-23-20(24-21(26)28)25-10-8-16(9-11-25)15-2-4-17(22)5-3-15/h2-8,13,20H,9-12H2,1H3,(H,24,28). The molecule has 0 saturated heterocycles. The molecule has 0 fully saturated rings. The number of Topliss-reactive ketones (excluding diaryl/α,β-unsaturated/α-hetero) is 1. The third-order valence-electron chi connectivity index (χ3n) is 5.00. The third kappa shape index (κ3) is 4.44. The molecule has 29 heavy (non-hydrogen) atoms. The third-order valence-corrected chi connectivity index (χ3v) is 6.17. The van der Waals surface area contributed by atoms with Crippen LogP contribution >= 0.6 is 11.3 Å². The molecule has 2 aliphatic rings. The van der Waals surface area contributed by atoms with Crippen molar-refractivity contribution >= 4 is 35.1 Å². The lowest BCUT2D eigenvalue weighted by atomic mass is 9.99. The van der Waals surface area contributed by atoms with Crippen molar-refractivity contribution in [3.05, 3.63) is 63.6 Å². The van der Waals surface area contributed by atoms with Gasteiger partial charge in [0.15, 0.2) is 12.1 Å². The summed E-state index contributed by atoms with van der Waals surface area (Å²) in [7, 11) is 0. The minimum Gasteiger partial charge on any atom is -0.303 e. The van der Waals surface area contributed by atoms with Crippen LogP contribution in [0.5, 0.6) is 0 Å². The first-order chi connectivity index (χ1) is 14.0. The number of amides is 2. The zero-order valence-corrected chi connectivity index (χ0v) is 16.8. The van der Waals surface area contributed by atoms with E-state index in [0.29, 0.717) is 18.0 Å². The summed E-state index contributed by atoms with van der Waals surface area (Å²) in [6.07, 6.45) is 4.07. The number of ketones is 1. The molecular weight excluding hydrogens is 391 g/mol. The number of carbonyl (C=O) groups is 2. The highest BCUT2D eigenvalue weighted by Gasteiger charge is 2.27. The van der Waals surface area contributed by atoms with Gasteiger partial charge in [0, 0.05) is 18.0 Å². The highest BCUT2D eigenvalue weighted by molar-refractivity contribution is 7.14. The molecule has 0 aliphatic carbocycles. The minimum atomic E-state index is -0.402. The number of hydrogen-bond donors (Lipinski definition) is 1. The van der Waals surface area contributed by atoms with E-state index in [1.165, 1.54) is 40.9 Å². The second kappa shape index (κ2) is 8.26. The first-order valence-corrected chi connectivity index (χ1v) is 10.2. The Bertz CT molecular complexity index is 983. The summed E-state index contributed by atoms with van der Waals surface area (Å²) >= 11 is 1.39. The molecule has 150 valence electrons. The molecule has 8 heteroatoms. The topological polar surface area (TPSA) is 65.0 Å². The van der Waals surface area contributed by atoms with Gasteiger partial charge in [-0.15, -0.1) is 11.3 Å². The van der Waals surface area contributed by atoms with Crippen LogP contribution in [-0.2, 0) is 6.54 Å². The predicted molar refractivity (Wildman–Crippen MR) is 111 cm³/mol. The van der Waals surface area contributed by atoms with Crippen molar-refractivity contribution in [3.63, 3.8) is 0 Å². The lowest BCUT2D eigenvalue weighted by Crippen LogP contribution is -2.55.